The number of hydrogen-bond acceptors (Lipinski definition) is 4. The molecule has 1 heterocycles. The van der Waals surface area contributed by atoms with Gasteiger partial charge >= 0.3 is 5.97 Å². The van der Waals surface area contributed by atoms with Crippen LogP contribution in [0.2, 0.25) is 0 Å². The van der Waals surface area contributed by atoms with Crippen LogP contribution in [0.25, 0.3) is 0 Å². The van der Waals surface area contributed by atoms with Crippen LogP contribution >= 0.6 is 0 Å². The number of rotatable bonds is 1. The van der Waals surface area contributed by atoms with Gasteiger partial charge < -0.3 is 20.1 Å². The Bertz CT molecular complexity index is 951. The van der Waals surface area contributed by atoms with Gasteiger partial charge in [-0.2, -0.15) is 0 Å². The predicted molar refractivity (Wildman–Crippen MR) is 133 cm³/mol. The summed E-state index contributed by atoms with van der Waals surface area (Å²) in [6.45, 7) is 14.7. The van der Waals surface area contributed by atoms with Crippen LogP contribution in [0.15, 0.2) is 0 Å². The molecule has 35 heavy (non-hydrogen) atoms. The number of carbonyl (C=O) groups is 1. The molecule has 5 nitrogen and oxygen atoms in total. The summed E-state index contributed by atoms with van der Waals surface area (Å²) >= 11 is 0. The molecule has 6 fully saturated rings. The van der Waals surface area contributed by atoms with E-state index in [1.807, 2.05) is 6.92 Å². The highest BCUT2D eigenvalue weighted by molar-refractivity contribution is 5.74. The van der Waals surface area contributed by atoms with Crippen LogP contribution < -0.4 is 0 Å². The lowest BCUT2D eigenvalue weighted by molar-refractivity contribution is -0.291. The Labute approximate surface area is 211 Å². The van der Waals surface area contributed by atoms with Crippen LogP contribution in [0.1, 0.15) is 106 Å². The van der Waals surface area contributed by atoms with Gasteiger partial charge in [0.1, 0.15) is 6.10 Å². The molecule has 5 heteroatoms. The molecular weight excluding hydrogens is 440 g/mol. The Morgan fingerprint density at radius 3 is 2.17 bits per heavy atom. The Kier molecular flexibility index (Phi) is 4.83. The van der Waals surface area contributed by atoms with Crippen LogP contribution in [-0.2, 0) is 9.53 Å². The van der Waals surface area contributed by atoms with Gasteiger partial charge in [-0.1, -0.05) is 34.6 Å². The second-order valence-electron chi connectivity index (χ2n) is 15.5. The molecule has 5 aliphatic carbocycles. The molecule has 6 rings (SSSR count). The molecule has 6 aliphatic rings. The van der Waals surface area contributed by atoms with Gasteiger partial charge in [-0.25, -0.2) is 0 Å². The Morgan fingerprint density at radius 2 is 1.49 bits per heavy atom. The Balaban J connectivity index is 1.40. The number of aliphatic carboxylic acids is 1. The van der Waals surface area contributed by atoms with Crippen molar-refractivity contribution in [3.05, 3.63) is 0 Å². The average Bonchev–Trinajstić information content (AvgIpc) is 2.97. The summed E-state index contributed by atoms with van der Waals surface area (Å²) in [5.74, 6) is -0.714. The summed E-state index contributed by atoms with van der Waals surface area (Å²) in [4.78, 5) is 12.3. The van der Waals surface area contributed by atoms with Crippen molar-refractivity contribution < 1.29 is 24.9 Å². The van der Waals surface area contributed by atoms with E-state index in [2.05, 4.69) is 34.6 Å². The highest BCUT2D eigenvalue weighted by Crippen LogP contribution is 2.79. The van der Waals surface area contributed by atoms with E-state index < -0.39 is 23.3 Å². The zero-order valence-electron chi connectivity index (χ0n) is 22.8. The quantitative estimate of drug-likeness (QED) is 0.446. The number of aliphatic hydroxyl groups excluding tert-OH is 1. The predicted octanol–water partition coefficient (Wildman–Crippen LogP) is 5.62. The lowest BCUT2D eigenvalue weighted by Crippen LogP contribution is -2.69. The number of aliphatic hydroxyl groups is 2. The molecule has 3 N–H and O–H groups in total. The maximum Gasteiger partial charge on any atom is 0.309 e. The molecule has 0 aromatic carbocycles. The molecule has 1 spiro atoms. The summed E-state index contributed by atoms with van der Waals surface area (Å²) in [5.41, 5.74) is -0.0361. The van der Waals surface area contributed by atoms with E-state index in [0.29, 0.717) is 30.8 Å². The fourth-order valence-corrected chi connectivity index (χ4v) is 11.9. The van der Waals surface area contributed by atoms with Crippen molar-refractivity contribution in [1.82, 2.24) is 0 Å². The third-order valence-corrected chi connectivity index (χ3v) is 14.7. The van der Waals surface area contributed by atoms with E-state index in [1.165, 1.54) is 12.8 Å². The van der Waals surface area contributed by atoms with Gasteiger partial charge in [-0.3, -0.25) is 4.79 Å². The molecule has 2 bridgehead atoms. The smallest absolute Gasteiger partial charge is 0.309 e. The highest BCUT2D eigenvalue weighted by Gasteiger charge is 2.75. The fourth-order valence-electron chi connectivity index (χ4n) is 11.9. The summed E-state index contributed by atoms with van der Waals surface area (Å²) in [5, 5.41) is 32.4. The third kappa shape index (κ3) is 2.64. The molecule has 0 unspecified atom stereocenters. The molecule has 198 valence electrons. The number of fused-ring (bicyclic) bond motifs is 7. The fraction of sp³-hybridized carbons (Fsp3) is 0.967. The summed E-state index contributed by atoms with van der Waals surface area (Å²) in [6, 6.07) is 0. The van der Waals surface area contributed by atoms with Crippen molar-refractivity contribution in [1.29, 1.82) is 0 Å². The third-order valence-electron chi connectivity index (χ3n) is 14.7. The van der Waals surface area contributed by atoms with E-state index in [-0.39, 0.29) is 33.0 Å². The lowest BCUT2D eigenvalue weighted by Gasteiger charge is -2.74. The van der Waals surface area contributed by atoms with Crippen molar-refractivity contribution in [2.24, 2.45) is 56.2 Å². The van der Waals surface area contributed by atoms with Gasteiger partial charge in [-0.15, -0.1) is 0 Å². The monoisotopic (exact) mass is 488 g/mol. The van der Waals surface area contributed by atoms with Crippen molar-refractivity contribution in [3.8, 4) is 0 Å². The largest absolute Gasteiger partial charge is 0.481 e. The maximum absolute atomic E-state index is 12.3. The van der Waals surface area contributed by atoms with Gasteiger partial charge in [-0.05, 0) is 111 Å². The topological polar surface area (TPSA) is 87.0 Å². The normalized spacial score (nSPS) is 63.4. The van der Waals surface area contributed by atoms with Crippen molar-refractivity contribution in [2.45, 2.75) is 118 Å². The molecule has 0 amide bonds. The minimum atomic E-state index is -1.39. The van der Waals surface area contributed by atoms with E-state index in [0.717, 1.165) is 44.9 Å². The first-order chi connectivity index (χ1) is 16.1. The number of ether oxygens (including phenoxy) is 1. The number of hydrogen-bond donors (Lipinski definition) is 3. The van der Waals surface area contributed by atoms with Crippen LogP contribution in [0, 0.1) is 56.2 Å². The van der Waals surface area contributed by atoms with Crippen LogP contribution in [0.3, 0.4) is 0 Å². The van der Waals surface area contributed by atoms with Crippen LogP contribution in [0.4, 0.5) is 0 Å². The zero-order valence-corrected chi connectivity index (χ0v) is 22.8. The first kappa shape index (κ1) is 24.7. The first-order valence-electron chi connectivity index (χ1n) is 14.4. The minimum Gasteiger partial charge on any atom is -0.481 e. The molecule has 1 saturated heterocycles. The standard InChI is InChI=1S/C30H48O5/c1-18-29-8-7-19-26(4,20(29)15-22(31)30(18,34)35-17-29)12-14-28(6)21-16-25(3,23(32)33)10-9-24(21,2)11-13-27(19,28)5/h18-22,31,34H,7-17H2,1-6H3,(H,32,33)/t18-,19+,20+,21-,22-,24-,25-,26-,27-,28+,29+,30-/m1/s1. The Hall–Kier alpha value is -0.650. The van der Waals surface area contributed by atoms with Crippen molar-refractivity contribution in [2.75, 3.05) is 6.61 Å². The van der Waals surface area contributed by atoms with Crippen LogP contribution in [0.5, 0.6) is 0 Å². The molecule has 12 atom stereocenters. The summed E-state index contributed by atoms with van der Waals surface area (Å²) in [7, 11) is 0. The summed E-state index contributed by atoms with van der Waals surface area (Å²) in [6.07, 6.45) is 9.34. The van der Waals surface area contributed by atoms with E-state index >= 15 is 0 Å². The molecule has 0 aromatic heterocycles. The highest BCUT2D eigenvalue weighted by atomic mass is 16.6. The lowest BCUT2D eigenvalue weighted by atomic mass is 9.30. The first-order valence-corrected chi connectivity index (χ1v) is 14.4. The molecule has 1 aliphatic heterocycles. The van der Waals surface area contributed by atoms with Crippen molar-refractivity contribution >= 4 is 5.97 Å². The van der Waals surface area contributed by atoms with Gasteiger partial charge in [0.25, 0.3) is 0 Å². The van der Waals surface area contributed by atoms with Gasteiger partial charge in [0, 0.05) is 11.3 Å². The molecular formula is C30H48O5. The van der Waals surface area contributed by atoms with E-state index in [1.54, 1.807) is 0 Å². The van der Waals surface area contributed by atoms with Gasteiger partial charge in [0.05, 0.1) is 12.0 Å². The van der Waals surface area contributed by atoms with Crippen LogP contribution in [-0.4, -0.2) is 39.8 Å². The molecule has 0 aromatic rings. The summed E-state index contributed by atoms with van der Waals surface area (Å²) < 4.78 is 6.00. The van der Waals surface area contributed by atoms with E-state index in [4.69, 9.17) is 4.74 Å². The number of carboxylic acid groups (broad SMARTS) is 1. The number of carboxylic acids is 1. The second-order valence-corrected chi connectivity index (χ2v) is 15.5. The van der Waals surface area contributed by atoms with Gasteiger partial charge in [0.15, 0.2) is 5.79 Å². The van der Waals surface area contributed by atoms with E-state index in [9.17, 15) is 20.1 Å². The van der Waals surface area contributed by atoms with Gasteiger partial charge in [0.2, 0.25) is 0 Å². The SMILES string of the molecule is C[C@@H]1[C@@]23CC[C@H]4[C@@](C)(CC[C@@]5(C)[C@@H]6C[C@](C)(C(=O)O)CC[C@]6(C)CC[C@]45C)[C@@H]2C[C@@H](O)[C@]1(O)OC3. The zero-order chi connectivity index (χ0) is 25.4. The molecule has 5 saturated carbocycles. The Morgan fingerprint density at radius 1 is 0.857 bits per heavy atom. The minimum absolute atomic E-state index is 0.0424. The second kappa shape index (κ2) is 6.86. The maximum atomic E-state index is 12.3. The van der Waals surface area contributed by atoms with Crippen molar-refractivity contribution in [3.63, 3.8) is 0 Å². The average molecular weight is 489 g/mol. The molecule has 0 radical (unpaired) electrons.